The molecule has 0 spiro atoms. The summed E-state index contributed by atoms with van der Waals surface area (Å²) in [5.74, 6) is -4.06. The molecule has 1 fully saturated rings. The van der Waals surface area contributed by atoms with E-state index >= 15 is 0 Å². The smallest absolute Gasteiger partial charge is 0.263 e. The van der Waals surface area contributed by atoms with Gasteiger partial charge in [0.05, 0.1) is 17.0 Å². The van der Waals surface area contributed by atoms with Crippen molar-refractivity contribution in [1.82, 2.24) is 14.5 Å². The van der Waals surface area contributed by atoms with Gasteiger partial charge in [0.1, 0.15) is 6.04 Å². The topological polar surface area (TPSA) is 135 Å². The van der Waals surface area contributed by atoms with Crippen LogP contribution >= 0.6 is 0 Å². The maximum atomic E-state index is 13.9. The molecule has 0 aliphatic carbocycles. The number of amides is 1. The number of anilines is 1. The van der Waals surface area contributed by atoms with Crippen LogP contribution in [0, 0.1) is 13.8 Å². The van der Waals surface area contributed by atoms with E-state index in [-0.39, 0.29) is 4.90 Å². The summed E-state index contributed by atoms with van der Waals surface area (Å²) in [5.41, 5.74) is 15.0. The van der Waals surface area contributed by atoms with Crippen molar-refractivity contribution in [1.29, 1.82) is 0 Å². The summed E-state index contributed by atoms with van der Waals surface area (Å²) in [6, 6.07) is 6.47. The second kappa shape index (κ2) is 6.99. The van der Waals surface area contributed by atoms with E-state index in [2.05, 4.69) is 10.2 Å². The van der Waals surface area contributed by atoms with Gasteiger partial charge in [-0.05, 0) is 54.3 Å². The SMILES string of the molecule is Cc1cc(S(=O)(=O)N2CC(F)(F)CC2C(N)=O)ccc1-c1ccc2[nH]nc(N)c2c1C. The Morgan fingerprint density at radius 1 is 1.23 bits per heavy atom. The number of aromatic amines is 1. The monoisotopic (exact) mass is 449 g/mol. The lowest BCUT2D eigenvalue weighted by Gasteiger charge is -2.22. The molecule has 1 aliphatic heterocycles. The first-order chi connectivity index (χ1) is 14.4. The number of fused-ring (bicyclic) bond motifs is 1. The summed E-state index contributed by atoms with van der Waals surface area (Å²) in [6.07, 6.45) is -0.927. The second-order valence-electron chi connectivity index (χ2n) is 7.77. The van der Waals surface area contributed by atoms with Crippen molar-refractivity contribution in [3.05, 3.63) is 41.5 Å². The summed E-state index contributed by atoms with van der Waals surface area (Å²) in [6.45, 7) is 2.53. The number of benzene rings is 2. The average molecular weight is 449 g/mol. The number of halogens is 2. The van der Waals surface area contributed by atoms with Gasteiger partial charge in [0.15, 0.2) is 5.82 Å². The van der Waals surface area contributed by atoms with Crippen LogP contribution < -0.4 is 11.5 Å². The Kier molecular flexibility index (Phi) is 4.78. The van der Waals surface area contributed by atoms with Crippen LogP contribution in [0.4, 0.5) is 14.6 Å². The van der Waals surface area contributed by atoms with Crippen LogP contribution in [0.2, 0.25) is 0 Å². The molecule has 5 N–H and O–H groups in total. The maximum absolute atomic E-state index is 13.9. The summed E-state index contributed by atoms with van der Waals surface area (Å²) < 4.78 is 54.3. The first-order valence-electron chi connectivity index (χ1n) is 9.45. The van der Waals surface area contributed by atoms with Gasteiger partial charge in [-0.3, -0.25) is 9.89 Å². The lowest BCUT2D eigenvalue weighted by atomic mass is 9.94. The molecule has 8 nitrogen and oxygen atoms in total. The third-order valence-corrected chi connectivity index (χ3v) is 7.52. The number of rotatable bonds is 4. The molecular formula is C20H21F2N5O3S. The number of nitrogens with zero attached hydrogens (tertiary/aromatic N) is 2. The number of H-pyrrole nitrogens is 1. The predicted molar refractivity (Wildman–Crippen MR) is 112 cm³/mol. The van der Waals surface area contributed by atoms with Gasteiger partial charge >= 0.3 is 0 Å². The molecule has 1 atom stereocenters. The van der Waals surface area contributed by atoms with E-state index in [0.29, 0.717) is 15.7 Å². The summed E-state index contributed by atoms with van der Waals surface area (Å²) in [7, 11) is -4.35. The van der Waals surface area contributed by atoms with Crippen LogP contribution in [0.3, 0.4) is 0 Å². The van der Waals surface area contributed by atoms with Gasteiger partial charge in [-0.1, -0.05) is 12.1 Å². The van der Waals surface area contributed by atoms with E-state index < -0.39 is 40.9 Å². The van der Waals surface area contributed by atoms with Crippen LogP contribution in [-0.4, -0.2) is 47.3 Å². The molecule has 0 saturated carbocycles. The number of aromatic nitrogens is 2. The second-order valence-corrected chi connectivity index (χ2v) is 9.67. The van der Waals surface area contributed by atoms with E-state index in [1.54, 1.807) is 13.0 Å². The van der Waals surface area contributed by atoms with Crippen LogP contribution in [-0.2, 0) is 14.8 Å². The largest absolute Gasteiger partial charge is 0.382 e. The first kappa shape index (κ1) is 21.2. The molecule has 2 heterocycles. The number of carbonyl (C=O) groups is 1. The first-order valence-corrected chi connectivity index (χ1v) is 10.9. The van der Waals surface area contributed by atoms with E-state index in [9.17, 15) is 22.0 Å². The van der Waals surface area contributed by atoms with Crippen LogP contribution in [0.5, 0.6) is 0 Å². The van der Waals surface area contributed by atoms with E-state index in [1.807, 2.05) is 19.1 Å². The third kappa shape index (κ3) is 3.43. The predicted octanol–water partition coefficient (Wildman–Crippen LogP) is 2.31. The van der Waals surface area contributed by atoms with Gasteiger partial charge in [-0.15, -0.1) is 0 Å². The van der Waals surface area contributed by atoms with Gasteiger partial charge in [0, 0.05) is 11.8 Å². The Morgan fingerprint density at radius 2 is 1.90 bits per heavy atom. The number of hydrogen-bond acceptors (Lipinski definition) is 5. The summed E-state index contributed by atoms with van der Waals surface area (Å²) >= 11 is 0. The minimum atomic E-state index is -4.35. The number of aryl methyl sites for hydroxylation is 2. The zero-order valence-corrected chi connectivity index (χ0v) is 17.6. The number of nitrogens with one attached hydrogen (secondary N) is 1. The molecule has 1 aromatic heterocycles. The fourth-order valence-electron chi connectivity index (χ4n) is 4.12. The normalized spacial score (nSPS) is 19.2. The van der Waals surface area contributed by atoms with Gasteiger partial charge < -0.3 is 11.5 Å². The fraction of sp³-hybridized carbons (Fsp3) is 0.300. The minimum absolute atomic E-state index is 0.181. The number of carbonyl (C=O) groups excluding carboxylic acids is 1. The third-order valence-electron chi connectivity index (χ3n) is 5.67. The Labute approximate surface area is 177 Å². The Balaban J connectivity index is 1.77. The van der Waals surface area contributed by atoms with E-state index in [4.69, 9.17) is 11.5 Å². The Hall–Kier alpha value is -3.05. The molecule has 31 heavy (non-hydrogen) atoms. The highest BCUT2D eigenvalue weighted by atomic mass is 32.2. The molecule has 1 saturated heterocycles. The molecule has 1 amide bonds. The lowest BCUT2D eigenvalue weighted by Crippen LogP contribution is -2.43. The van der Waals surface area contributed by atoms with Crippen molar-refractivity contribution in [2.24, 2.45) is 5.73 Å². The van der Waals surface area contributed by atoms with Crippen molar-refractivity contribution in [3.63, 3.8) is 0 Å². The standard InChI is InChI=1S/C20H21F2N5O3S/c1-10-7-12(31(29,30)27-9-20(21,22)8-16(27)19(24)28)3-4-13(10)14-5-6-15-17(11(14)2)18(23)26-25-15/h3-7,16H,8-9H2,1-2H3,(H2,24,28)(H3,23,25,26). The number of hydrogen-bond donors (Lipinski definition) is 3. The number of nitrogens with two attached hydrogens (primary N) is 2. The molecule has 11 heteroatoms. The van der Waals surface area contributed by atoms with Crippen LogP contribution in [0.15, 0.2) is 35.2 Å². The molecule has 1 aliphatic rings. The highest BCUT2D eigenvalue weighted by Gasteiger charge is 2.52. The van der Waals surface area contributed by atoms with Crippen molar-refractivity contribution in [2.45, 2.75) is 37.1 Å². The maximum Gasteiger partial charge on any atom is 0.263 e. The molecule has 3 aromatic rings. The van der Waals surface area contributed by atoms with Crippen molar-refractivity contribution in [2.75, 3.05) is 12.3 Å². The Bertz CT molecular complexity index is 1320. The van der Waals surface area contributed by atoms with Crippen molar-refractivity contribution < 1.29 is 22.0 Å². The van der Waals surface area contributed by atoms with E-state index in [0.717, 1.165) is 27.6 Å². The van der Waals surface area contributed by atoms with Crippen LogP contribution in [0.25, 0.3) is 22.0 Å². The fourth-order valence-corrected chi connectivity index (χ4v) is 5.83. The minimum Gasteiger partial charge on any atom is -0.382 e. The molecular weight excluding hydrogens is 428 g/mol. The molecule has 2 aromatic carbocycles. The number of alkyl halides is 2. The number of nitrogen functional groups attached to an aromatic ring is 1. The molecule has 1 unspecified atom stereocenters. The van der Waals surface area contributed by atoms with Gasteiger partial charge in [-0.2, -0.15) is 9.40 Å². The average Bonchev–Trinajstić information content (AvgIpc) is 3.23. The Morgan fingerprint density at radius 3 is 2.55 bits per heavy atom. The van der Waals surface area contributed by atoms with Gasteiger partial charge in [0.2, 0.25) is 15.9 Å². The molecule has 0 bridgehead atoms. The highest BCUT2D eigenvalue weighted by Crippen LogP contribution is 2.38. The zero-order valence-electron chi connectivity index (χ0n) is 16.8. The number of primary amides is 1. The number of sulfonamides is 1. The van der Waals surface area contributed by atoms with Crippen LogP contribution in [0.1, 0.15) is 17.5 Å². The highest BCUT2D eigenvalue weighted by molar-refractivity contribution is 7.89. The molecule has 4 rings (SSSR count). The summed E-state index contributed by atoms with van der Waals surface area (Å²) in [5, 5.41) is 7.62. The summed E-state index contributed by atoms with van der Waals surface area (Å²) in [4.78, 5) is 11.4. The quantitative estimate of drug-likeness (QED) is 0.562. The molecule has 0 radical (unpaired) electrons. The van der Waals surface area contributed by atoms with E-state index in [1.165, 1.54) is 12.1 Å². The zero-order chi connectivity index (χ0) is 22.7. The molecule has 164 valence electrons. The van der Waals surface area contributed by atoms with Gasteiger partial charge in [-0.25, -0.2) is 17.2 Å². The van der Waals surface area contributed by atoms with Gasteiger partial charge in [0.25, 0.3) is 5.92 Å². The van der Waals surface area contributed by atoms with Crippen molar-refractivity contribution >= 4 is 32.7 Å². The van der Waals surface area contributed by atoms with Crippen molar-refractivity contribution in [3.8, 4) is 11.1 Å². The lowest BCUT2D eigenvalue weighted by molar-refractivity contribution is -0.121.